The zero-order valence-corrected chi connectivity index (χ0v) is 20.7. The van der Waals surface area contributed by atoms with Crippen LogP contribution in [0.4, 0.5) is 4.39 Å². The number of morpholine rings is 1. The zero-order chi connectivity index (χ0) is 20.1. The van der Waals surface area contributed by atoms with Crippen molar-refractivity contribution >= 4 is 41.5 Å². The number of aliphatic imine (C=N–C) groups is 1. The fourth-order valence-corrected chi connectivity index (χ4v) is 4.42. The number of rotatable bonds is 5. The third-order valence-corrected chi connectivity index (χ3v) is 5.96. The van der Waals surface area contributed by atoms with Gasteiger partial charge in [-0.2, -0.15) is 0 Å². The van der Waals surface area contributed by atoms with Gasteiger partial charge >= 0.3 is 0 Å². The number of nitrogens with zero attached hydrogens (tertiary/aromatic N) is 3. The van der Waals surface area contributed by atoms with Gasteiger partial charge in [-0.05, 0) is 31.0 Å². The van der Waals surface area contributed by atoms with E-state index in [-0.39, 0.29) is 35.2 Å². The first-order valence-corrected chi connectivity index (χ1v) is 10.6. The fraction of sp³-hybridized carbons (Fsp3) is 0.667. The molecule has 2 saturated heterocycles. The molecule has 2 aliphatic heterocycles. The molecule has 1 N–H and O–H groups in total. The quantitative estimate of drug-likeness (QED) is 0.352. The van der Waals surface area contributed by atoms with E-state index in [0.717, 1.165) is 63.9 Å². The van der Waals surface area contributed by atoms with Crippen LogP contribution in [0.3, 0.4) is 0 Å². The Morgan fingerprint density at radius 2 is 2.03 bits per heavy atom. The van der Waals surface area contributed by atoms with Gasteiger partial charge in [0.05, 0.1) is 19.8 Å². The Labute approximate surface area is 196 Å². The lowest BCUT2D eigenvalue weighted by Crippen LogP contribution is -2.47. The number of hydrogen-bond donors (Lipinski definition) is 1. The summed E-state index contributed by atoms with van der Waals surface area (Å²) >= 11 is 6.29. The van der Waals surface area contributed by atoms with Crippen molar-refractivity contribution in [3.8, 4) is 0 Å². The van der Waals surface area contributed by atoms with Gasteiger partial charge in [-0.25, -0.2) is 4.39 Å². The van der Waals surface area contributed by atoms with E-state index < -0.39 is 0 Å². The van der Waals surface area contributed by atoms with Crippen molar-refractivity contribution in [1.82, 2.24) is 15.1 Å². The third kappa shape index (κ3) is 6.42. The van der Waals surface area contributed by atoms with Crippen LogP contribution in [0.5, 0.6) is 0 Å². The molecule has 2 fully saturated rings. The number of benzene rings is 1. The number of nitrogens with one attached hydrogen (secondary N) is 1. The van der Waals surface area contributed by atoms with Crippen molar-refractivity contribution in [2.45, 2.75) is 38.6 Å². The molecule has 0 aromatic heterocycles. The average Bonchev–Trinajstić information content (AvgIpc) is 3.15. The second-order valence-electron chi connectivity index (χ2n) is 8.22. The zero-order valence-electron chi connectivity index (χ0n) is 17.6. The van der Waals surface area contributed by atoms with Crippen molar-refractivity contribution in [2.75, 3.05) is 52.5 Å². The summed E-state index contributed by atoms with van der Waals surface area (Å²) in [5.41, 5.74) is 0.636. The Bertz CT molecular complexity index is 697. The van der Waals surface area contributed by atoms with Gasteiger partial charge in [0.25, 0.3) is 0 Å². The van der Waals surface area contributed by atoms with E-state index in [4.69, 9.17) is 21.3 Å². The Morgan fingerprint density at radius 1 is 1.31 bits per heavy atom. The van der Waals surface area contributed by atoms with Crippen LogP contribution in [-0.4, -0.2) is 74.3 Å². The molecule has 8 heteroatoms. The van der Waals surface area contributed by atoms with E-state index in [0.29, 0.717) is 17.6 Å². The maximum absolute atomic E-state index is 13.4. The molecule has 164 valence electrons. The first-order valence-electron chi connectivity index (χ1n) is 10.2. The predicted octanol–water partition coefficient (Wildman–Crippen LogP) is 3.75. The number of guanidine groups is 1. The summed E-state index contributed by atoms with van der Waals surface area (Å²) in [5.74, 6) is 0.636. The van der Waals surface area contributed by atoms with Crippen LogP contribution in [0, 0.1) is 5.82 Å². The smallest absolute Gasteiger partial charge is 0.193 e. The number of ether oxygens (including phenoxy) is 1. The van der Waals surface area contributed by atoms with Crippen molar-refractivity contribution in [3.63, 3.8) is 0 Å². The van der Waals surface area contributed by atoms with E-state index in [1.807, 2.05) is 0 Å². The van der Waals surface area contributed by atoms with Gasteiger partial charge in [-0.15, -0.1) is 24.0 Å². The van der Waals surface area contributed by atoms with E-state index in [2.05, 4.69) is 35.9 Å². The molecule has 2 heterocycles. The molecule has 1 atom stereocenters. The molecule has 0 saturated carbocycles. The second-order valence-corrected chi connectivity index (χ2v) is 8.62. The van der Waals surface area contributed by atoms with Gasteiger partial charge in [-0.1, -0.05) is 31.5 Å². The number of hydrogen-bond acceptors (Lipinski definition) is 3. The molecule has 0 radical (unpaired) electrons. The lowest BCUT2D eigenvalue weighted by molar-refractivity contribution is 0.0195. The number of halogens is 3. The maximum atomic E-state index is 13.4. The monoisotopic (exact) mass is 538 g/mol. The molecule has 1 aromatic rings. The van der Waals surface area contributed by atoms with E-state index in [1.54, 1.807) is 6.07 Å². The molecule has 2 aliphatic rings. The summed E-state index contributed by atoms with van der Waals surface area (Å²) < 4.78 is 18.9. The minimum absolute atomic E-state index is 0. The van der Waals surface area contributed by atoms with Gasteiger partial charge in [0.2, 0.25) is 0 Å². The van der Waals surface area contributed by atoms with Gasteiger partial charge in [0, 0.05) is 49.2 Å². The standard InChI is InChI=1S/C21H32ClFN4O.HI/c1-4-24-20(27-8-7-17(14-27)26-9-11-28-12-10-26)25-15-21(2,3)18-6-5-16(23)13-19(18)22;/h5-6,13,17H,4,7-12,14-15H2,1-3H3,(H,24,25);1H. The van der Waals surface area contributed by atoms with Crippen molar-refractivity contribution < 1.29 is 9.13 Å². The molecule has 1 unspecified atom stereocenters. The Balaban J connectivity index is 0.00000300. The summed E-state index contributed by atoms with van der Waals surface area (Å²) in [6.07, 6.45) is 1.15. The summed E-state index contributed by atoms with van der Waals surface area (Å²) in [5, 5.41) is 3.89. The minimum atomic E-state index is -0.312. The van der Waals surface area contributed by atoms with Gasteiger partial charge in [0.1, 0.15) is 5.82 Å². The minimum Gasteiger partial charge on any atom is -0.379 e. The van der Waals surface area contributed by atoms with Crippen LogP contribution in [0.15, 0.2) is 23.2 Å². The average molecular weight is 539 g/mol. The summed E-state index contributed by atoms with van der Waals surface area (Å²) in [6.45, 7) is 13.4. The van der Waals surface area contributed by atoms with Crippen molar-refractivity contribution in [3.05, 3.63) is 34.6 Å². The molecule has 0 bridgehead atoms. The van der Waals surface area contributed by atoms with Gasteiger partial charge in [-0.3, -0.25) is 9.89 Å². The van der Waals surface area contributed by atoms with Crippen LogP contribution >= 0.6 is 35.6 Å². The fourth-order valence-electron chi connectivity index (χ4n) is 4.00. The van der Waals surface area contributed by atoms with Gasteiger partial charge in [0.15, 0.2) is 5.96 Å². The van der Waals surface area contributed by atoms with Crippen LogP contribution in [0.2, 0.25) is 5.02 Å². The molecule has 0 aliphatic carbocycles. The molecule has 1 aromatic carbocycles. The second kappa shape index (κ2) is 11.1. The Kier molecular flexibility index (Phi) is 9.44. The van der Waals surface area contributed by atoms with E-state index in [1.165, 1.54) is 12.1 Å². The predicted molar refractivity (Wildman–Crippen MR) is 128 cm³/mol. The van der Waals surface area contributed by atoms with Crippen molar-refractivity contribution in [1.29, 1.82) is 0 Å². The first kappa shape index (κ1) is 24.6. The first-order chi connectivity index (χ1) is 13.4. The molecular weight excluding hydrogens is 506 g/mol. The highest BCUT2D eigenvalue weighted by molar-refractivity contribution is 14.0. The molecule has 29 heavy (non-hydrogen) atoms. The maximum Gasteiger partial charge on any atom is 0.193 e. The van der Waals surface area contributed by atoms with E-state index in [9.17, 15) is 4.39 Å². The summed E-state index contributed by atoms with van der Waals surface area (Å²) in [7, 11) is 0. The number of likely N-dealkylation sites (tertiary alicyclic amines) is 1. The molecular formula is C21H33ClFIN4O. The highest BCUT2D eigenvalue weighted by Crippen LogP contribution is 2.31. The Morgan fingerprint density at radius 3 is 2.69 bits per heavy atom. The largest absolute Gasteiger partial charge is 0.379 e. The summed E-state index contributed by atoms with van der Waals surface area (Å²) in [6, 6.07) is 5.17. The third-order valence-electron chi connectivity index (χ3n) is 5.64. The highest BCUT2D eigenvalue weighted by atomic mass is 127. The lowest BCUT2D eigenvalue weighted by atomic mass is 9.84. The van der Waals surface area contributed by atoms with Crippen LogP contribution in [-0.2, 0) is 10.2 Å². The van der Waals surface area contributed by atoms with Crippen LogP contribution < -0.4 is 5.32 Å². The van der Waals surface area contributed by atoms with Crippen LogP contribution in [0.25, 0.3) is 0 Å². The molecule has 5 nitrogen and oxygen atoms in total. The van der Waals surface area contributed by atoms with Crippen molar-refractivity contribution in [2.24, 2.45) is 4.99 Å². The normalized spacial score (nSPS) is 21.2. The summed E-state index contributed by atoms with van der Waals surface area (Å²) in [4.78, 5) is 9.81. The Hall–Kier alpha value is -0.640. The van der Waals surface area contributed by atoms with E-state index >= 15 is 0 Å². The van der Waals surface area contributed by atoms with Gasteiger partial charge < -0.3 is 15.0 Å². The topological polar surface area (TPSA) is 40.1 Å². The highest BCUT2D eigenvalue weighted by Gasteiger charge is 2.31. The lowest BCUT2D eigenvalue weighted by Gasteiger charge is -2.32. The molecule has 0 spiro atoms. The van der Waals surface area contributed by atoms with Crippen LogP contribution in [0.1, 0.15) is 32.8 Å². The molecule has 3 rings (SSSR count). The molecule has 0 amide bonds. The SMILES string of the molecule is CCNC(=NCC(C)(C)c1ccc(F)cc1Cl)N1CCC(N2CCOCC2)C1.I.